The fourth-order valence-electron chi connectivity index (χ4n) is 1.52. The van der Waals surface area contributed by atoms with Crippen LogP contribution in [0.3, 0.4) is 0 Å². The lowest BCUT2D eigenvalue weighted by molar-refractivity contribution is 0.144. The molecule has 0 unspecified atom stereocenters. The van der Waals surface area contributed by atoms with E-state index in [9.17, 15) is 0 Å². The highest BCUT2D eigenvalue weighted by atomic mass is 32.1. The van der Waals surface area contributed by atoms with Crippen LogP contribution >= 0.6 is 11.3 Å². The molecule has 1 rings (SSSR count). The third-order valence-electron chi connectivity index (χ3n) is 2.53. The molecule has 0 aliphatic rings. The van der Waals surface area contributed by atoms with E-state index >= 15 is 0 Å². The SMILES string of the molecule is CCCc1ccc(CCC(CO)CO)s1. The van der Waals surface area contributed by atoms with Crippen LogP contribution in [0.1, 0.15) is 29.5 Å². The van der Waals surface area contributed by atoms with Crippen LogP contribution < -0.4 is 0 Å². The first kappa shape index (κ1) is 12.7. The number of thiophene rings is 1. The lowest BCUT2D eigenvalue weighted by Gasteiger charge is -2.08. The molecular weight excluding hydrogens is 208 g/mol. The predicted molar refractivity (Wildman–Crippen MR) is 64.3 cm³/mol. The van der Waals surface area contributed by atoms with E-state index < -0.39 is 0 Å². The van der Waals surface area contributed by atoms with E-state index in [0.29, 0.717) is 0 Å². The maximum atomic E-state index is 8.94. The molecule has 2 N–H and O–H groups in total. The zero-order valence-electron chi connectivity index (χ0n) is 9.28. The van der Waals surface area contributed by atoms with Crippen LogP contribution in [0.25, 0.3) is 0 Å². The molecule has 0 atom stereocenters. The maximum Gasteiger partial charge on any atom is 0.0481 e. The molecule has 1 aromatic rings. The average molecular weight is 228 g/mol. The van der Waals surface area contributed by atoms with Crippen LogP contribution in [0, 0.1) is 5.92 Å². The molecule has 0 spiro atoms. The first-order chi connectivity index (χ1) is 7.30. The molecule has 0 saturated carbocycles. The summed E-state index contributed by atoms with van der Waals surface area (Å²) in [5.74, 6) is 0.0433. The lowest BCUT2D eigenvalue weighted by atomic mass is 10.1. The Morgan fingerprint density at radius 1 is 1.13 bits per heavy atom. The number of aliphatic hydroxyl groups is 2. The summed E-state index contributed by atoms with van der Waals surface area (Å²) in [5, 5.41) is 17.9. The monoisotopic (exact) mass is 228 g/mol. The van der Waals surface area contributed by atoms with Crippen LogP contribution in [0.15, 0.2) is 12.1 Å². The molecule has 86 valence electrons. The number of aliphatic hydroxyl groups excluding tert-OH is 2. The third kappa shape index (κ3) is 4.33. The summed E-state index contributed by atoms with van der Waals surface area (Å²) in [5.41, 5.74) is 0. The molecule has 0 aliphatic carbocycles. The van der Waals surface area contributed by atoms with Gasteiger partial charge in [-0.3, -0.25) is 0 Å². The van der Waals surface area contributed by atoms with Gasteiger partial charge in [0.1, 0.15) is 0 Å². The molecule has 3 heteroatoms. The van der Waals surface area contributed by atoms with Gasteiger partial charge in [-0.1, -0.05) is 13.3 Å². The van der Waals surface area contributed by atoms with Gasteiger partial charge in [-0.2, -0.15) is 0 Å². The summed E-state index contributed by atoms with van der Waals surface area (Å²) < 4.78 is 0. The minimum Gasteiger partial charge on any atom is -0.396 e. The highest BCUT2D eigenvalue weighted by Crippen LogP contribution is 2.20. The summed E-state index contributed by atoms with van der Waals surface area (Å²) in [6.07, 6.45) is 4.20. The van der Waals surface area contributed by atoms with Crippen LogP contribution in [0.4, 0.5) is 0 Å². The summed E-state index contributed by atoms with van der Waals surface area (Å²) >= 11 is 1.86. The van der Waals surface area contributed by atoms with Crippen molar-refractivity contribution in [1.82, 2.24) is 0 Å². The summed E-state index contributed by atoms with van der Waals surface area (Å²) in [4.78, 5) is 2.81. The Morgan fingerprint density at radius 2 is 1.73 bits per heavy atom. The standard InChI is InChI=1S/C12H20O2S/c1-2-3-11-6-7-12(15-11)5-4-10(8-13)9-14/h6-7,10,13-14H,2-5,8-9H2,1H3. The average Bonchev–Trinajstić information content (AvgIpc) is 2.68. The second-order valence-electron chi connectivity index (χ2n) is 3.89. The van der Waals surface area contributed by atoms with E-state index in [1.54, 1.807) is 0 Å². The van der Waals surface area contributed by atoms with Crippen molar-refractivity contribution in [2.24, 2.45) is 5.92 Å². The van der Waals surface area contributed by atoms with Crippen molar-refractivity contribution in [3.05, 3.63) is 21.9 Å². The first-order valence-electron chi connectivity index (χ1n) is 5.59. The molecule has 1 heterocycles. The molecule has 0 saturated heterocycles. The Bertz CT molecular complexity index is 266. The Morgan fingerprint density at radius 3 is 2.27 bits per heavy atom. The Balaban J connectivity index is 2.36. The Labute approximate surface area is 95.6 Å². The second kappa shape index (κ2) is 6.99. The fraction of sp³-hybridized carbons (Fsp3) is 0.667. The van der Waals surface area contributed by atoms with Crippen LogP contribution in [0.5, 0.6) is 0 Å². The van der Waals surface area contributed by atoms with Crippen molar-refractivity contribution in [2.75, 3.05) is 13.2 Å². The van der Waals surface area contributed by atoms with Crippen molar-refractivity contribution >= 4 is 11.3 Å². The van der Waals surface area contributed by atoms with Crippen molar-refractivity contribution in [3.8, 4) is 0 Å². The number of aryl methyl sites for hydroxylation is 2. The van der Waals surface area contributed by atoms with Gasteiger partial charge in [0.05, 0.1) is 0 Å². The van der Waals surface area contributed by atoms with E-state index in [-0.39, 0.29) is 19.1 Å². The highest BCUT2D eigenvalue weighted by Gasteiger charge is 2.07. The van der Waals surface area contributed by atoms with Gasteiger partial charge in [-0.15, -0.1) is 11.3 Å². The van der Waals surface area contributed by atoms with Crippen molar-refractivity contribution < 1.29 is 10.2 Å². The largest absolute Gasteiger partial charge is 0.396 e. The maximum absolute atomic E-state index is 8.94. The van der Waals surface area contributed by atoms with Crippen LogP contribution in [0.2, 0.25) is 0 Å². The van der Waals surface area contributed by atoms with Gasteiger partial charge in [-0.25, -0.2) is 0 Å². The Hall–Kier alpha value is -0.380. The molecule has 0 fully saturated rings. The molecule has 0 bridgehead atoms. The highest BCUT2D eigenvalue weighted by molar-refractivity contribution is 7.11. The van der Waals surface area contributed by atoms with Gasteiger partial charge >= 0.3 is 0 Å². The number of rotatable bonds is 7. The summed E-state index contributed by atoms with van der Waals surface area (Å²) in [7, 11) is 0. The van der Waals surface area contributed by atoms with Gasteiger partial charge in [-0.05, 0) is 31.4 Å². The fourth-order valence-corrected chi connectivity index (χ4v) is 2.66. The van der Waals surface area contributed by atoms with Crippen LogP contribution in [-0.2, 0) is 12.8 Å². The zero-order valence-corrected chi connectivity index (χ0v) is 10.1. The third-order valence-corrected chi connectivity index (χ3v) is 3.73. The Kier molecular flexibility index (Phi) is 5.91. The summed E-state index contributed by atoms with van der Waals surface area (Å²) in [6.45, 7) is 2.36. The molecule has 15 heavy (non-hydrogen) atoms. The van der Waals surface area contributed by atoms with Crippen LogP contribution in [-0.4, -0.2) is 23.4 Å². The van der Waals surface area contributed by atoms with E-state index in [1.165, 1.54) is 16.2 Å². The number of hydrogen-bond donors (Lipinski definition) is 2. The number of hydrogen-bond acceptors (Lipinski definition) is 3. The molecule has 0 radical (unpaired) electrons. The predicted octanol–water partition coefficient (Wildman–Crippen LogP) is 2.23. The van der Waals surface area contributed by atoms with E-state index in [1.807, 2.05) is 11.3 Å². The van der Waals surface area contributed by atoms with Gasteiger partial charge in [0, 0.05) is 28.9 Å². The van der Waals surface area contributed by atoms with Crippen molar-refractivity contribution in [2.45, 2.75) is 32.6 Å². The van der Waals surface area contributed by atoms with Gasteiger partial charge in [0.15, 0.2) is 0 Å². The topological polar surface area (TPSA) is 40.5 Å². The van der Waals surface area contributed by atoms with Crippen molar-refractivity contribution in [1.29, 1.82) is 0 Å². The van der Waals surface area contributed by atoms with Gasteiger partial charge in [0.25, 0.3) is 0 Å². The lowest BCUT2D eigenvalue weighted by Crippen LogP contribution is -2.11. The minimum atomic E-state index is 0.0433. The molecule has 0 aliphatic heterocycles. The van der Waals surface area contributed by atoms with Gasteiger partial charge in [0.2, 0.25) is 0 Å². The first-order valence-corrected chi connectivity index (χ1v) is 6.41. The molecule has 0 amide bonds. The van der Waals surface area contributed by atoms with E-state index in [0.717, 1.165) is 19.3 Å². The summed E-state index contributed by atoms with van der Waals surface area (Å²) in [6, 6.07) is 4.36. The quantitative estimate of drug-likeness (QED) is 0.751. The normalized spacial score (nSPS) is 11.2. The zero-order chi connectivity index (χ0) is 11.1. The molecule has 0 aromatic carbocycles. The molecule has 1 aromatic heterocycles. The molecular formula is C12H20O2S. The molecule has 2 nitrogen and oxygen atoms in total. The van der Waals surface area contributed by atoms with E-state index in [2.05, 4.69) is 19.1 Å². The van der Waals surface area contributed by atoms with E-state index in [4.69, 9.17) is 10.2 Å². The minimum absolute atomic E-state index is 0.0433. The van der Waals surface area contributed by atoms with Crippen molar-refractivity contribution in [3.63, 3.8) is 0 Å². The second-order valence-corrected chi connectivity index (χ2v) is 5.14. The van der Waals surface area contributed by atoms with Gasteiger partial charge < -0.3 is 10.2 Å². The smallest absolute Gasteiger partial charge is 0.0481 e.